The zero-order chi connectivity index (χ0) is 16.3. The molecular weight excluding hydrogens is 341 g/mol. The molecule has 0 saturated carbocycles. The van der Waals surface area contributed by atoms with Gasteiger partial charge in [0.05, 0.1) is 5.69 Å². The van der Waals surface area contributed by atoms with Crippen molar-refractivity contribution in [1.82, 2.24) is 15.3 Å². The molecule has 0 radical (unpaired) electrons. The molecule has 0 aliphatic carbocycles. The molecule has 1 N–H and O–H groups in total. The van der Waals surface area contributed by atoms with Crippen molar-refractivity contribution in [3.05, 3.63) is 58.6 Å². The van der Waals surface area contributed by atoms with Crippen molar-refractivity contribution in [1.29, 1.82) is 0 Å². The van der Waals surface area contributed by atoms with Crippen LogP contribution in [0.25, 0.3) is 0 Å². The van der Waals surface area contributed by atoms with Gasteiger partial charge in [-0.05, 0) is 49.5 Å². The average molecular weight is 366 g/mol. The molecule has 24 heavy (non-hydrogen) atoms. The second-order valence-corrected chi connectivity index (χ2v) is 7.18. The first kappa shape index (κ1) is 19.2. The van der Waals surface area contributed by atoms with E-state index in [0.29, 0.717) is 5.92 Å². The van der Waals surface area contributed by atoms with E-state index < -0.39 is 0 Å². The Kier molecular flexibility index (Phi) is 6.62. The molecule has 0 atom stereocenters. The van der Waals surface area contributed by atoms with Crippen LogP contribution in [0.4, 0.5) is 0 Å². The van der Waals surface area contributed by atoms with Gasteiger partial charge >= 0.3 is 0 Å². The lowest BCUT2D eigenvalue weighted by Crippen LogP contribution is -2.41. The van der Waals surface area contributed by atoms with Crippen LogP contribution in [0.5, 0.6) is 0 Å². The molecular formula is C19H25Cl2N3. The molecule has 1 fully saturated rings. The highest BCUT2D eigenvalue weighted by Crippen LogP contribution is 2.42. The minimum absolute atomic E-state index is 0. The molecule has 3 rings (SSSR count). The molecule has 2 aromatic rings. The maximum absolute atomic E-state index is 6.56. The maximum atomic E-state index is 6.56. The first-order valence-corrected chi connectivity index (χ1v) is 8.78. The predicted octanol–water partition coefficient (Wildman–Crippen LogP) is 4.42. The molecule has 0 unspecified atom stereocenters. The summed E-state index contributed by atoms with van der Waals surface area (Å²) in [6.07, 6.45) is 4.83. The summed E-state index contributed by atoms with van der Waals surface area (Å²) in [6, 6.07) is 10.3. The molecule has 1 aromatic carbocycles. The van der Waals surface area contributed by atoms with E-state index in [9.17, 15) is 0 Å². The molecule has 1 aliphatic rings. The summed E-state index contributed by atoms with van der Waals surface area (Å²) < 4.78 is 0. The topological polar surface area (TPSA) is 37.8 Å². The lowest BCUT2D eigenvalue weighted by Gasteiger charge is -2.38. The van der Waals surface area contributed by atoms with E-state index in [1.165, 1.54) is 5.56 Å². The third kappa shape index (κ3) is 3.90. The molecule has 0 amide bonds. The predicted molar refractivity (Wildman–Crippen MR) is 102 cm³/mol. The van der Waals surface area contributed by atoms with Crippen LogP contribution >= 0.6 is 24.0 Å². The van der Waals surface area contributed by atoms with Gasteiger partial charge in [0, 0.05) is 23.1 Å². The Bertz CT molecular complexity index is 667. The van der Waals surface area contributed by atoms with E-state index >= 15 is 0 Å². The van der Waals surface area contributed by atoms with Gasteiger partial charge in [-0.2, -0.15) is 0 Å². The zero-order valence-electron chi connectivity index (χ0n) is 14.3. The molecule has 0 spiro atoms. The summed E-state index contributed by atoms with van der Waals surface area (Å²) in [5, 5.41) is 4.29. The van der Waals surface area contributed by atoms with E-state index in [2.05, 4.69) is 42.3 Å². The van der Waals surface area contributed by atoms with Crippen molar-refractivity contribution in [3.63, 3.8) is 0 Å². The first-order valence-electron chi connectivity index (χ1n) is 8.40. The SMILES string of the molecule is CC(C)Cc1nccc(C2(c3ccccc3Cl)CCNCC2)n1.Cl. The first-order chi connectivity index (χ1) is 11.1. The van der Waals surface area contributed by atoms with Gasteiger partial charge in [-0.1, -0.05) is 43.6 Å². The van der Waals surface area contributed by atoms with Crippen LogP contribution in [0.1, 0.15) is 43.8 Å². The molecule has 130 valence electrons. The largest absolute Gasteiger partial charge is 0.317 e. The molecule has 3 nitrogen and oxygen atoms in total. The Morgan fingerprint density at radius 2 is 1.88 bits per heavy atom. The smallest absolute Gasteiger partial charge is 0.128 e. The molecule has 5 heteroatoms. The lowest BCUT2D eigenvalue weighted by atomic mass is 9.70. The fourth-order valence-electron chi connectivity index (χ4n) is 3.50. The van der Waals surface area contributed by atoms with Gasteiger partial charge < -0.3 is 5.32 Å². The number of rotatable bonds is 4. The fraction of sp³-hybridized carbons (Fsp3) is 0.474. The Labute approximate surface area is 155 Å². The van der Waals surface area contributed by atoms with Crippen LogP contribution in [-0.2, 0) is 11.8 Å². The normalized spacial score (nSPS) is 16.7. The van der Waals surface area contributed by atoms with Gasteiger partial charge in [0.15, 0.2) is 0 Å². The Balaban J connectivity index is 0.00000208. The Morgan fingerprint density at radius 1 is 1.17 bits per heavy atom. The van der Waals surface area contributed by atoms with Gasteiger partial charge in [0.2, 0.25) is 0 Å². The van der Waals surface area contributed by atoms with Crippen molar-refractivity contribution < 1.29 is 0 Å². The van der Waals surface area contributed by atoms with Crippen LogP contribution in [0, 0.1) is 5.92 Å². The molecule has 0 bridgehead atoms. The minimum Gasteiger partial charge on any atom is -0.317 e. The van der Waals surface area contributed by atoms with Crippen molar-refractivity contribution in [2.75, 3.05) is 13.1 Å². The molecule has 1 aromatic heterocycles. The van der Waals surface area contributed by atoms with Crippen LogP contribution in [0.15, 0.2) is 36.5 Å². The maximum Gasteiger partial charge on any atom is 0.128 e. The highest BCUT2D eigenvalue weighted by Gasteiger charge is 2.38. The van der Waals surface area contributed by atoms with Crippen molar-refractivity contribution >= 4 is 24.0 Å². The monoisotopic (exact) mass is 365 g/mol. The van der Waals surface area contributed by atoms with E-state index in [1.54, 1.807) is 0 Å². The molecule has 1 saturated heterocycles. The number of nitrogens with zero attached hydrogens (tertiary/aromatic N) is 2. The van der Waals surface area contributed by atoms with E-state index in [-0.39, 0.29) is 17.8 Å². The van der Waals surface area contributed by atoms with Crippen LogP contribution in [0.2, 0.25) is 5.02 Å². The summed E-state index contributed by atoms with van der Waals surface area (Å²) in [4.78, 5) is 9.39. The highest BCUT2D eigenvalue weighted by atomic mass is 35.5. The zero-order valence-corrected chi connectivity index (χ0v) is 15.8. The summed E-state index contributed by atoms with van der Waals surface area (Å²) in [5.74, 6) is 1.48. The summed E-state index contributed by atoms with van der Waals surface area (Å²) in [5.41, 5.74) is 2.19. The van der Waals surface area contributed by atoms with Gasteiger partial charge in [0.25, 0.3) is 0 Å². The van der Waals surface area contributed by atoms with Crippen LogP contribution in [-0.4, -0.2) is 23.1 Å². The third-order valence-corrected chi connectivity index (χ3v) is 4.96. The summed E-state index contributed by atoms with van der Waals surface area (Å²) in [7, 11) is 0. The quantitative estimate of drug-likeness (QED) is 0.871. The third-order valence-electron chi connectivity index (χ3n) is 4.63. The van der Waals surface area contributed by atoms with Crippen LogP contribution in [0.3, 0.4) is 0 Å². The Hall–Kier alpha value is -1.16. The number of halogens is 2. The van der Waals surface area contributed by atoms with Gasteiger partial charge in [-0.3, -0.25) is 0 Å². The molecule has 1 aliphatic heterocycles. The standard InChI is InChI=1S/C19H24ClN3.ClH/c1-14(2)13-18-22-10-7-17(23-18)19(8-11-21-12-9-19)15-5-3-4-6-16(15)20;/h3-7,10,14,21H,8-9,11-13H2,1-2H3;1H. The average Bonchev–Trinajstić information content (AvgIpc) is 2.55. The van der Waals surface area contributed by atoms with Gasteiger partial charge in [-0.15, -0.1) is 12.4 Å². The van der Waals surface area contributed by atoms with Crippen molar-refractivity contribution in [2.45, 2.75) is 38.5 Å². The number of benzene rings is 1. The summed E-state index contributed by atoms with van der Waals surface area (Å²) in [6.45, 7) is 6.36. The number of hydrogen-bond donors (Lipinski definition) is 1. The number of hydrogen-bond acceptors (Lipinski definition) is 3. The molecule has 2 heterocycles. The number of piperidine rings is 1. The minimum atomic E-state index is -0.113. The number of aromatic nitrogens is 2. The van der Waals surface area contributed by atoms with Gasteiger partial charge in [-0.25, -0.2) is 9.97 Å². The lowest BCUT2D eigenvalue weighted by molar-refractivity contribution is 0.352. The van der Waals surface area contributed by atoms with E-state index in [0.717, 1.165) is 48.9 Å². The number of nitrogens with one attached hydrogen (secondary N) is 1. The summed E-state index contributed by atoms with van der Waals surface area (Å²) >= 11 is 6.56. The Morgan fingerprint density at radius 3 is 2.54 bits per heavy atom. The fourth-order valence-corrected chi connectivity index (χ4v) is 3.81. The van der Waals surface area contributed by atoms with Crippen molar-refractivity contribution in [3.8, 4) is 0 Å². The van der Waals surface area contributed by atoms with Crippen molar-refractivity contribution in [2.24, 2.45) is 5.92 Å². The van der Waals surface area contributed by atoms with E-state index in [1.807, 2.05) is 18.3 Å². The van der Waals surface area contributed by atoms with Gasteiger partial charge in [0.1, 0.15) is 5.82 Å². The second-order valence-electron chi connectivity index (χ2n) is 6.77. The van der Waals surface area contributed by atoms with E-state index in [4.69, 9.17) is 16.6 Å². The van der Waals surface area contributed by atoms with Crippen LogP contribution < -0.4 is 5.32 Å². The highest BCUT2D eigenvalue weighted by molar-refractivity contribution is 6.31. The second kappa shape index (κ2) is 8.28.